The van der Waals surface area contributed by atoms with Gasteiger partial charge >= 0.3 is 0 Å². The normalized spacial score (nSPS) is 19.5. The average Bonchev–Trinajstić information content (AvgIpc) is 3.52. The second-order valence-corrected chi connectivity index (χ2v) is 7.79. The molecule has 1 aromatic carbocycles. The van der Waals surface area contributed by atoms with Crippen molar-refractivity contribution in [3.8, 4) is 23.0 Å². The summed E-state index contributed by atoms with van der Waals surface area (Å²) in [6.45, 7) is 5.13. The van der Waals surface area contributed by atoms with E-state index in [-0.39, 0.29) is 5.54 Å². The lowest BCUT2D eigenvalue weighted by Crippen LogP contribution is -2.47. The van der Waals surface area contributed by atoms with Gasteiger partial charge in [0.1, 0.15) is 23.4 Å². The molecule has 150 valence electrons. The summed E-state index contributed by atoms with van der Waals surface area (Å²) in [4.78, 5) is 16.5. The number of hydrogen-bond donors (Lipinski definition) is 0. The number of rotatable bonds is 3. The topological polar surface area (TPSA) is 90.4 Å². The second-order valence-electron chi connectivity index (χ2n) is 7.79. The minimum Gasteiger partial charge on any atom is -0.342 e. The molecule has 5 heterocycles. The lowest BCUT2D eigenvalue weighted by Gasteiger charge is -2.42. The molecule has 30 heavy (non-hydrogen) atoms. The van der Waals surface area contributed by atoms with Gasteiger partial charge in [0.05, 0.1) is 6.20 Å². The molecule has 2 aliphatic rings. The molecule has 6 rings (SSSR count). The Bertz CT molecular complexity index is 1240. The molecular weight excluding hydrogens is 378 g/mol. The lowest BCUT2D eigenvalue weighted by atomic mass is 9.90. The SMILES string of the molecule is CC[C@@]12CCCN1c1nc(-n3ncnc3-c3ccccc3)ncc1-n1c(C)nnc12. The summed E-state index contributed by atoms with van der Waals surface area (Å²) in [5.41, 5.74) is 1.71. The fraction of sp³-hybridized carbons (Fsp3) is 0.333. The molecule has 9 nitrogen and oxygen atoms in total. The maximum atomic E-state index is 5.00. The molecule has 0 spiro atoms. The van der Waals surface area contributed by atoms with Crippen molar-refractivity contribution in [1.82, 2.24) is 39.5 Å². The third-order valence-electron chi connectivity index (χ3n) is 6.32. The van der Waals surface area contributed by atoms with Crippen molar-refractivity contribution in [3.05, 3.63) is 54.5 Å². The Morgan fingerprint density at radius 1 is 1.10 bits per heavy atom. The van der Waals surface area contributed by atoms with E-state index in [9.17, 15) is 0 Å². The standard InChI is InChI=1S/C21H21N9/c1-3-21-10-7-11-28(21)18-16(29-14(2)26-27-19(21)29)12-22-20(25-18)30-17(23-13-24-30)15-8-5-4-6-9-15/h4-6,8-9,12-13H,3,7,10-11H2,1-2H3/t21-/m0/s1. The molecule has 9 heteroatoms. The summed E-state index contributed by atoms with van der Waals surface area (Å²) in [6, 6.07) is 9.97. The quantitative estimate of drug-likeness (QED) is 0.523. The molecule has 1 atom stereocenters. The van der Waals surface area contributed by atoms with Crippen molar-refractivity contribution in [2.24, 2.45) is 0 Å². The number of aromatic nitrogens is 8. The second kappa shape index (κ2) is 6.19. The molecular formula is C21H21N9. The van der Waals surface area contributed by atoms with Crippen LogP contribution in [0.25, 0.3) is 23.0 Å². The Morgan fingerprint density at radius 2 is 1.97 bits per heavy atom. The zero-order valence-electron chi connectivity index (χ0n) is 16.9. The van der Waals surface area contributed by atoms with Gasteiger partial charge in [0, 0.05) is 12.1 Å². The van der Waals surface area contributed by atoms with Crippen LogP contribution in [-0.2, 0) is 5.54 Å². The summed E-state index contributed by atoms with van der Waals surface area (Å²) >= 11 is 0. The zero-order chi connectivity index (χ0) is 20.3. The van der Waals surface area contributed by atoms with Crippen LogP contribution < -0.4 is 4.90 Å². The van der Waals surface area contributed by atoms with E-state index in [0.717, 1.165) is 60.3 Å². The fourth-order valence-corrected chi connectivity index (χ4v) is 4.89. The first-order valence-corrected chi connectivity index (χ1v) is 10.3. The average molecular weight is 399 g/mol. The van der Waals surface area contributed by atoms with Crippen molar-refractivity contribution in [3.63, 3.8) is 0 Å². The van der Waals surface area contributed by atoms with Crippen molar-refractivity contribution in [2.45, 2.75) is 38.6 Å². The molecule has 0 unspecified atom stereocenters. The number of hydrogen-bond acceptors (Lipinski definition) is 7. The summed E-state index contributed by atoms with van der Waals surface area (Å²) in [6.07, 6.45) is 6.48. The molecule has 3 aromatic heterocycles. The van der Waals surface area contributed by atoms with E-state index in [2.05, 4.69) is 41.7 Å². The number of nitrogens with zero attached hydrogens (tertiary/aromatic N) is 9. The first-order valence-electron chi connectivity index (χ1n) is 10.3. The Hall–Kier alpha value is -3.62. The highest BCUT2D eigenvalue weighted by molar-refractivity contribution is 5.65. The highest BCUT2D eigenvalue weighted by Crippen LogP contribution is 2.49. The van der Waals surface area contributed by atoms with Gasteiger partial charge in [-0.15, -0.1) is 10.2 Å². The number of anilines is 1. The summed E-state index contributed by atoms with van der Waals surface area (Å²) in [7, 11) is 0. The monoisotopic (exact) mass is 399 g/mol. The molecule has 1 saturated heterocycles. The Labute approximate surface area is 173 Å². The van der Waals surface area contributed by atoms with Crippen molar-refractivity contribution >= 4 is 5.82 Å². The smallest absolute Gasteiger partial charge is 0.254 e. The van der Waals surface area contributed by atoms with E-state index in [1.54, 1.807) is 11.0 Å². The zero-order valence-corrected chi connectivity index (χ0v) is 16.9. The van der Waals surface area contributed by atoms with Crippen molar-refractivity contribution in [2.75, 3.05) is 11.4 Å². The fourth-order valence-electron chi connectivity index (χ4n) is 4.89. The van der Waals surface area contributed by atoms with Crippen LogP contribution >= 0.6 is 0 Å². The van der Waals surface area contributed by atoms with Crippen LogP contribution in [0, 0.1) is 6.92 Å². The Kier molecular flexibility index (Phi) is 3.56. The van der Waals surface area contributed by atoms with Gasteiger partial charge in [-0.05, 0) is 26.2 Å². The molecule has 2 aliphatic heterocycles. The lowest BCUT2D eigenvalue weighted by molar-refractivity contribution is 0.381. The number of fused-ring (bicyclic) bond motifs is 6. The maximum absolute atomic E-state index is 5.00. The van der Waals surface area contributed by atoms with Gasteiger partial charge in [-0.3, -0.25) is 4.57 Å². The molecule has 0 radical (unpaired) electrons. The van der Waals surface area contributed by atoms with Crippen LogP contribution in [0.15, 0.2) is 42.9 Å². The molecule has 0 saturated carbocycles. The Balaban J connectivity index is 1.55. The Morgan fingerprint density at radius 3 is 2.80 bits per heavy atom. The highest BCUT2D eigenvalue weighted by atomic mass is 15.4. The molecule has 0 aliphatic carbocycles. The molecule has 4 aromatic rings. The molecule has 0 bridgehead atoms. The van der Waals surface area contributed by atoms with Crippen LogP contribution in [0.2, 0.25) is 0 Å². The molecule has 0 amide bonds. The predicted molar refractivity (Wildman–Crippen MR) is 111 cm³/mol. The third kappa shape index (κ3) is 2.17. The van der Waals surface area contributed by atoms with E-state index in [1.807, 2.05) is 43.5 Å². The maximum Gasteiger partial charge on any atom is 0.254 e. The molecule has 1 fully saturated rings. The van der Waals surface area contributed by atoms with E-state index in [1.165, 1.54) is 0 Å². The van der Waals surface area contributed by atoms with Crippen molar-refractivity contribution in [1.29, 1.82) is 0 Å². The van der Waals surface area contributed by atoms with Gasteiger partial charge in [-0.1, -0.05) is 37.3 Å². The van der Waals surface area contributed by atoms with Crippen LogP contribution in [0.3, 0.4) is 0 Å². The third-order valence-corrected chi connectivity index (χ3v) is 6.32. The van der Waals surface area contributed by atoms with E-state index < -0.39 is 0 Å². The highest BCUT2D eigenvalue weighted by Gasteiger charge is 2.50. The first kappa shape index (κ1) is 17.3. The van der Waals surface area contributed by atoms with Crippen LogP contribution in [0.5, 0.6) is 0 Å². The minimum absolute atomic E-state index is 0.176. The van der Waals surface area contributed by atoms with E-state index in [0.29, 0.717) is 5.95 Å². The summed E-state index contributed by atoms with van der Waals surface area (Å²) in [5, 5.41) is 13.4. The van der Waals surface area contributed by atoms with Gasteiger partial charge in [0.2, 0.25) is 0 Å². The van der Waals surface area contributed by atoms with E-state index in [4.69, 9.17) is 4.98 Å². The van der Waals surface area contributed by atoms with Crippen LogP contribution in [0.4, 0.5) is 5.82 Å². The summed E-state index contributed by atoms with van der Waals surface area (Å²) in [5.74, 6) is 3.98. The first-order chi connectivity index (χ1) is 14.7. The summed E-state index contributed by atoms with van der Waals surface area (Å²) < 4.78 is 3.82. The van der Waals surface area contributed by atoms with Crippen molar-refractivity contribution < 1.29 is 0 Å². The van der Waals surface area contributed by atoms with Gasteiger partial charge in [0.15, 0.2) is 17.5 Å². The predicted octanol–water partition coefficient (Wildman–Crippen LogP) is 2.83. The van der Waals surface area contributed by atoms with Gasteiger partial charge in [-0.2, -0.15) is 14.8 Å². The van der Waals surface area contributed by atoms with Crippen LogP contribution in [0.1, 0.15) is 37.8 Å². The van der Waals surface area contributed by atoms with E-state index >= 15 is 0 Å². The number of benzene rings is 1. The van der Waals surface area contributed by atoms with Crippen LogP contribution in [-0.4, -0.2) is 46.0 Å². The van der Waals surface area contributed by atoms with Gasteiger partial charge in [0.25, 0.3) is 5.95 Å². The molecule has 0 N–H and O–H groups in total. The largest absolute Gasteiger partial charge is 0.342 e. The number of aryl methyl sites for hydroxylation is 1. The van der Waals surface area contributed by atoms with Gasteiger partial charge in [-0.25, -0.2) is 9.97 Å². The van der Waals surface area contributed by atoms with Gasteiger partial charge < -0.3 is 4.90 Å². The minimum atomic E-state index is -0.176.